The summed E-state index contributed by atoms with van der Waals surface area (Å²) in [5, 5.41) is 11.6. The lowest BCUT2D eigenvalue weighted by Crippen LogP contribution is -2.13. The second-order valence-electron chi connectivity index (χ2n) is 3.38. The van der Waals surface area contributed by atoms with Crippen LogP contribution in [0.2, 0.25) is 0 Å². The van der Waals surface area contributed by atoms with Crippen molar-refractivity contribution < 1.29 is 4.79 Å². The first kappa shape index (κ1) is 12.2. The maximum atomic E-state index is 11.9. The van der Waals surface area contributed by atoms with Crippen LogP contribution >= 0.6 is 15.9 Å². The molecular formula is C12H7BrN4O. The Hall–Kier alpha value is -2.26. The fourth-order valence-electron chi connectivity index (χ4n) is 1.33. The third-order valence-corrected chi connectivity index (χ3v) is 2.67. The molecule has 0 aliphatic heterocycles. The predicted molar refractivity (Wildman–Crippen MR) is 68.8 cm³/mol. The first-order chi connectivity index (χ1) is 8.70. The van der Waals surface area contributed by atoms with E-state index in [0.29, 0.717) is 16.8 Å². The number of hydrogen-bond acceptors (Lipinski definition) is 4. The van der Waals surface area contributed by atoms with E-state index in [9.17, 15) is 4.79 Å². The number of aromatic nitrogens is 2. The number of nitrogens with one attached hydrogen (secondary N) is 1. The number of benzene rings is 1. The Balaban J connectivity index is 2.28. The quantitative estimate of drug-likeness (QED) is 0.923. The highest BCUT2D eigenvalue weighted by Crippen LogP contribution is 2.21. The molecule has 0 bridgehead atoms. The lowest BCUT2D eigenvalue weighted by Gasteiger charge is -2.06. The van der Waals surface area contributed by atoms with Gasteiger partial charge in [-0.3, -0.25) is 4.79 Å². The van der Waals surface area contributed by atoms with Gasteiger partial charge in [0.2, 0.25) is 0 Å². The van der Waals surface area contributed by atoms with Crippen LogP contribution in [0.25, 0.3) is 0 Å². The highest BCUT2D eigenvalue weighted by atomic mass is 79.9. The van der Waals surface area contributed by atoms with Gasteiger partial charge in [0.1, 0.15) is 12.4 Å². The first-order valence-electron chi connectivity index (χ1n) is 4.96. The lowest BCUT2D eigenvalue weighted by molar-refractivity contribution is 0.102. The Labute approximate surface area is 112 Å². The fraction of sp³-hybridized carbons (Fsp3) is 0. The van der Waals surface area contributed by atoms with E-state index in [-0.39, 0.29) is 5.91 Å². The number of amides is 1. The molecule has 88 valence electrons. The molecule has 0 fully saturated rings. The third kappa shape index (κ3) is 2.70. The Kier molecular flexibility index (Phi) is 3.65. The topological polar surface area (TPSA) is 78.7 Å². The Morgan fingerprint density at radius 1 is 1.33 bits per heavy atom. The summed E-state index contributed by atoms with van der Waals surface area (Å²) in [6.07, 6.45) is 4.16. The molecule has 0 radical (unpaired) electrons. The summed E-state index contributed by atoms with van der Waals surface area (Å²) in [7, 11) is 0. The highest BCUT2D eigenvalue weighted by Gasteiger charge is 2.09. The minimum atomic E-state index is -0.356. The number of nitriles is 1. The van der Waals surface area contributed by atoms with E-state index in [1.807, 2.05) is 6.07 Å². The summed E-state index contributed by atoms with van der Waals surface area (Å²) in [5.41, 5.74) is 1.17. The number of rotatable bonds is 2. The molecule has 0 spiro atoms. The largest absolute Gasteiger partial charge is 0.321 e. The number of anilines is 1. The number of halogens is 1. The van der Waals surface area contributed by atoms with Gasteiger partial charge in [0.25, 0.3) is 5.91 Å². The second kappa shape index (κ2) is 5.38. The van der Waals surface area contributed by atoms with E-state index < -0.39 is 0 Å². The van der Waals surface area contributed by atoms with E-state index in [2.05, 4.69) is 31.2 Å². The zero-order valence-electron chi connectivity index (χ0n) is 9.09. The van der Waals surface area contributed by atoms with Crippen LogP contribution in [0.5, 0.6) is 0 Å². The molecule has 1 heterocycles. The van der Waals surface area contributed by atoms with Crippen LogP contribution in [0, 0.1) is 11.3 Å². The van der Waals surface area contributed by atoms with Gasteiger partial charge >= 0.3 is 0 Å². The Bertz CT molecular complexity index is 622. The summed E-state index contributed by atoms with van der Waals surface area (Å²) in [6, 6.07) is 7.04. The van der Waals surface area contributed by atoms with Crippen LogP contribution < -0.4 is 5.32 Å². The van der Waals surface area contributed by atoms with Gasteiger partial charge in [0.05, 0.1) is 16.8 Å². The normalized spacial score (nSPS) is 9.56. The van der Waals surface area contributed by atoms with Gasteiger partial charge in [-0.1, -0.05) is 15.9 Å². The molecule has 1 aromatic carbocycles. The molecule has 0 aliphatic carbocycles. The van der Waals surface area contributed by atoms with Crippen molar-refractivity contribution in [2.24, 2.45) is 0 Å². The van der Waals surface area contributed by atoms with E-state index in [1.54, 1.807) is 18.2 Å². The molecule has 0 saturated heterocycles. The molecule has 18 heavy (non-hydrogen) atoms. The number of carbonyl (C=O) groups excluding carboxylic acids is 1. The molecule has 1 amide bonds. The van der Waals surface area contributed by atoms with Crippen LogP contribution in [-0.2, 0) is 0 Å². The van der Waals surface area contributed by atoms with Crippen molar-refractivity contribution in [2.45, 2.75) is 0 Å². The minimum Gasteiger partial charge on any atom is -0.321 e. The van der Waals surface area contributed by atoms with Gasteiger partial charge in [-0.05, 0) is 18.2 Å². The van der Waals surface area contributed by atoms with Crippen LogP contribution in [0.4, 0.5) is 5.69 Å². The third-order valence-electron chi connectivity index (χ3n) is 2.17. The van der Waals surface area contributed by atoms with Crippen molar-refractivity contribution >= 4 is 27.5 Å². The molecule has 5 nitrogen and oxygen atoms in total. The lowest BCUT2D eigenvalue weighted by atomic mass is 10.2. The average Bonchev–Trinajstić information content (AvgIpc) is 2.40. The molecule has 2 rings (SSSR count). The van der Waals surface area contributed by atoms with Crippen molar-refractivity contribution in [3.63, 3.8) is 0 Å². The molecule has 6 heteroatoms. The van der Waals surface area contributed by atoms with Gasteiger partial charge < -0.3 is 5.32 Å². The number of nitrogens with zero attached hydrogens (tertiary/aromatic N) is 3. The van der Waals surface area contributed by atoms with Crippen LogP contribution in [0.15, 0.2) is 41.4 Å². The monoisotopic (exact) mass is 302 g/mol. The maximum absolute atomic E-state index is 11.9. The van der Waals surface area contributed by atoms with Gasteiger partial charge in [-0.15, -0.1) is 0 Å². The van der Waals surface area contributed by atoms with E-state index >= 15 is 0 Å². The molecule has 0 saturated carbocycles. The summed E-state index contributed by atoms with van der Waals surface area (Å²) in [4.78, 5) is 19.4. The molecule has 0 aliphatic rings. The molecule has 1 aromatic heterocycles. The molecular weight excluding hydrogens is 296 g/mol. The smallest absolute Gasteiger partial charge is 0.258 e. The zero-order chi connectivity index (χ0) is 13.0. The summed E-state index contributed by atoms with van der Waals surface area (Å²) < 4.78 is 0.779. The van der Waals surface area contributed by atoms with Crippen LogP contribution in [0.3, 0.4) is 0 Å². The fourth-order valence-corrected chi connectivity index (χ4v) is 1.69. The molecule has 2 aromatic rings. The van der Waals surface area contributed by atoms with E-state index in [1.165, 1.54) is 18.7 Å². The standard InChI is InChI=1S/C12H7BrN4O/c13-10-2-1-8(4-14)11(3-10)17-12(18)9-5-15-7-16-6-9/h1-3,5-7H,(H,17,18). The average molecular weight is 303 g/mol. The minimum absolute atomic E-state index is 0.335. The van der Waals surface area contributed by atoms with E-state index in [4.69, 9.17) is 5.26 Å². The summed E-state index contributed by atoms with van der Waals surface area (Å²) in [6.45, 7) is 0. The van der Waals surface area contributed by atoms with Crippen molar-refractivity contribution in [1.82, 2.24) is 9.97 Å². The molecule has 0 unspecified atom stereocenters. The predicted octanol–water partition coefficient (Wildman–Crippen LogP) is 2.36. The summed E-state index contributed by atoms with van der Waals surface area (Å²) in [5.74, 6) is -0.356. The zero-order valence-corrected chi connectivity index (χ0v) is 10.7. The van der Waals surface area contributed by atoms with Gasteiger partial charge in [-0.2, -0.15) is 5.26 Å². The van der Waals surface area contributed by atoms with Crippen LogP contribution in [0.1, 0.15) is 15.9 Å². The van der Waals surface area contributed by atoms with Crippen molar-refractivity contribution in [1.29, 1.82) is 5.26 Å². The maximum Gasteiger partial charge on any atom is 0.258 e. The van der Waals surface area contributed by atoms with Crippen LogP contribution in [-0.4, -0.2) is 15.9 Å². The van der Waals surface area contributed by atoms with Gasteiger partial charge in [0, 0.05) is 16.9 Å². The van der Waals surface area contributed by atoms with Crippen molar-refractivity contribution in [3.8, 4) is 6.07 Å². The van der Waals surface area contributed by atoms with E-state index in [0.717, 1.165) is 4.47 Å². The van der Waals surface area contributed by atoms with Gasteiger partial charge in [0.15, 0.2) is 0 Å². The molecule has 0 atom stereocenters. The number of carbonyl (C=O) groups is 1. The highest BCUT2D eigenvalue weighted by molar-refractivity contribution is 9.10. The summed E-state index contributed by atoms with van der Waals surface area (Å²) >= 11 is 3.29. The first-order valence-corrected chi connectivity index (χ1v) is 5.76. The SMILES string of the molecule is N#Cc1ccc(Br)cc1NC(=O)c1cncnc1. The Morgan fingerprint density at radius 3 is 2.72 bits per heavy atom. The van der Waals surface area contributed by atoms with Crippen molar-refractivity contribution in [3.05, 3.63) is 52.5 Å². The second-order valence-corrected chi connectivity index (χ2v) is 4.30. The Morgan fingerprint density at radius 2 is 2.06 bits per heavy atom. The number of hydrogen-bond donors (Lipinski definition) is 1. The molecule has 1 N–H and O–H groups in total. The van der Waals surface area contributed by atoms with Crippen molar-refractivity contribution in [2.75, 3.05) is 5.32 Å². The van der Waals surface area contributed by atoms with Gasteiger partial charge in [-0.25, -0.2) is 9.97 Å².